The minimum atomic E-state index is -0.343. The van der Waals surface area contributed by atoms with Gasteiger partial charge in [0.05, 0.1) is 35.1 Å². The van der Waals surface area contributed by atoms with Gasteiger partial charge in [-0.15, -0.1) is 0 Å². The number of likely N-dealkylation sites (N-methyl/N-ethyl adjacent to an activating group) is 1. The highest BCUT2D eigenvalue weighted by atomic mass is 16.6. The molecule has 0 saturated carbocycles. The van der Waals surface area contributed by atoms with E-state index >= 15 is 0 Å². The van der Waals surface area contributed by atoms with Crippen LogP contribution in [0.25, 0.3) is 22.2 Å². The van der Waals surface area contributed by atoms with Crippen LogP contribution in [0.15, 0.2) is 48.9 Å². The number of fused-ring (bicyclic) bond motifs is 1. The number of benzene rings is 2. The molecule has 1 saturated heterocycles. The Kier molecular flexibility index (Phi) is 6.49. The summed E-state index contributed by atoms with van der Waals surface area (Å²) in [6.45, 7) is 4.10. The fourth-order valence-corrected chi connectivity index (χ4v) is 4.47. The zero-order chi connectivity index (χ0) is 25.2. The van der Waals surface area contributed by atoms with Gasteiger partial charge in [-0.3, -0.25) is 19.7 Å². The molecule has 11 nitrogen and oxygen atoms in total. The first-order chi connectivity index (χ1) is 17.4. The van der Waals surface area contributed by atoms with Crippen molar-refractivity contribution in [1.82, 2.24) is 29.5 Å². The minimum Gasteiger partial charge on any atom is -0.495 e. The molecule has 36 heavy (non-hydrogen) atoms. The van der Waals surface area contributed by atoms with Crippen LogP contribution in [0, 0.1) is 10.1 Å². The third-order valence-corrected chi connectivity index (χ3v) is 6.56. The third-order valence-electron chi connectivity index (χ3n) is 6.56. The summed E-state index contributed by atoms with van der Waals surface area (Å²) < 4.78 is 7.42. The molecular weight excluding hydrogens is 460 g/mol. The van der Waals surface area contributed by atoms with Crippen LogP contribution in [-0.4, -0.2) is 74.8 Å². The van der Waals surface area contributed by atoms with Gasteiger partial charge in [-0.25, -0.2) is 9.97 Å². The van der Waals surface area contributed by atoms with Crippen molar-refractivity contribution in [2.75, 3.05) is 45.7 Å². The predicted octanol–water partition coefficient (Wildman–Crippen LogP) is 3.44. The summed E-state index contributed by atoms with van der Waals surface area (Å²) in [6.07, 6.45) is 3.28. The summed E-state index contributed by atoms with van der Waals surface area (Å²) in [5, 5.41) is 20.4. The number of hydrogen-bond acceptors (Lipinski definition) is 9. The SMILES string of the molecule is COc1cc(CN2CCN(C)CC2)c([N+](=O)[O-])cc1Nc1cc(-c2ccc3c(cnn3C)c2)ncn1. The summed E-state index contributed by atoms with van der Waals surface area (Å²) in [5.74, 6) is 1.02. The molecule has 0 unspecified atom stereocenters. The Morgan fingerprint density at radius 3 is 2.64 bits per heavy atom. The molecule has 186 valence electrons. The largest absolute Gasteiger partial charge is 0.495 e. The van der Waals surface area contributed by atoms with E-state index in [0.717, 1.165) is 48.3 Å². The normalized spacial score (nSPS) is 14.8. The van der Waals surface area contributed by atoms with E-state index in [1.54, 1.807) is 19.2 Å². The van der Waals surface area contributed by atoms with E-state index in [1.807, 2.05) is 36.1 Å². The van der Waals surface area contributed by atoms with Gasteiger partial charge in [0, 0.05) is 68.4 Å². The molecule has 1 fully saturated rings. The number of methoxy groups -OCH3 is 1. The topological polar surface area (TPSA) is 114 Å². The van der Waals surface area contributed by atoms with Gasteiger partial charge in [0.1, 0.15) is 17.9 Å². The van der Waals surface area contributed by atoms with Gasteiger partial charge in [0.25, 0.3) is 5.69 Å². The number of ether oxygens (including phenoxy) is 1. The van der Waals surface area contributed by atoms with Crippen molar-refractivity contribution >= 4 is 28.1 Å². The molecule has 5 rings (SSSR count). The second kappa shape index (κ2) is 9.88. The van der Waals surface area contributed by atoms with Crippen LogP contribution in [0.2, 0.25) is 0 Å². The zero-order valence-electron chi connectivity index (χ0n) is 20.5. The molecule has 11 heteroatoms. The van der Waals surface area contributed by atoms with Gasteiger partial charge < -0.3 is 15.0 Å². The maximum absolute atomic E-state index is 11.9. The monoisotopic (exact) mass is 488 g/mol. The third kappa shape index (κ3) is 4.83. The first kappa shape index (κ1) is 23.6. The Labute approximate surface area is 208 Å². The Morgan fingerprint density at radius 1 is 1.08 bits per heavy atom. The first-order valence-electron chi connectivity index (χ1n) is 11.7. The lowest BCUT2D eigenvalue weighted by atomic mass is 10.1. The highest BCUT2D eigenvalue weighted by Crippen LogP contribution is 2.35. The van der Waals surface area contributed by atoms with E-state index in [9.17, 15) is 10.1 Å². The lowest BCUT2D eigenvalue weighted by Gasteiger charge is -2.32. The fourth-order valence-electron chi connectivity index (χ4n) is 4.47. The molecule has 1 aliphatic heterocycles. The highest BCUT2D eigenvalue weighted by molar-refractivity contribution is 5.84. The van der Waals surface area contributed by atoms with Crippen molar-refractivity contribution < 1.29 is 9.66 Å². The standard InChI is InChI=1S/C25H28N8O3/c1-30-6-8-32(9-7-30)15-19-11-24(36-3)21(12-23(19)33(34)35)29-25-13-20(26-16-27-25)17-4-5-22-18(10-17)14-28-31(22)2/h4-5,10-14,16H,6-9,15H2,1-3H3,(H,26,27,29). The van der Waals surface area contributed by atoms with Gasteiger partial charge >= 0.3 is 0 Å². The van der Waals surface area contributed by atoms with Crippen LogP contribution >= 0.6 is 0 Å². The van der Waals surface area contributed by atoms with Crippen molar-refractivity contribution in [2.24, 2.45) is 7.05 Å². The van der Waals surface area contributed by atoms with Gasteiger partial charge in [0.15, 0.2) is 0 Å². The molecule has 1 N–H and O–H groups in total. The number of nitrogens with zero attached hydrogens (tertiary/aromatic N) is 7. The second-order valence-electron chi connectivity index (χ2n) is 8.97. The van der Waals surface area contributed by atoms with Gasteiger partial charge in [-0.2, -0.15) is 5.10 Å². The lowest BCUT2D eigenvalue weighted by Crippen LogP contribution is -2.43. The average molecular weight is 489 g/mol. The van der Waals surface area contributed by atoms with Crippen molar-refractivity contribution in [3.05, 3.63) is 64.6 Å². The lowest BCUT2D eigenvalue weighted by molar-refractivity contribution is -0.385. The Hall–Kier alpha value is -4.09. The second-order valence-corrected chi connectivity index (χ2v) is 8.97. The van der Waals surface area contributed by atoms with E-state index < -0.39 is 0 Å². The fraction of sp³-hybridized carbons (Fsp3) is 0.320. The van der Waals surface area contributed by atoms with Crippen LogP contribution in [-0.2, 0) is 13.6 Å². The van der Waals surface area contributed by atoms with Crippen LogP contribution in [0.1, 0.15) is 5.56 Å². The highest BCUT2D eigenvalue weighted by Gasteiger charge is 2.23. The Morgan fingerprint density at radius 2 is 1.89 bits per heavy atom. The molecule has 0 aliphatic carbocycles. The smallest absolute Gasteiger partial charge is 0.276 e. The summed E-state index contributed by atoms with van der Waals surface area (Å²) in [7, 11) is 5.54. The molecule has 0 atom stereocenters. The van der Waals surface area contributed by atoms with E-state index in [-0.39, 0.29) is 10.6 Å². The number of piperazine rings is 1. The molecule has 4 aromatic rings. The van der Waals surface area contributed by atoms with E-state index in [4.69, 9.17) is 4.74 Å². The van der Waals surface area contributed by atoms with Crippen LogP contribution in [0.3, 0.4) is 0 Å². The van der Waals surface area contributed by atoms with Crippen molar-refractivity contribution in [2.45, 2.75) is 6.54 Å². The maximum atomic E-state index is 11.9. The molecule has 0 spiro atoms. The summed E-state index contributed by atoms with van der Waals surface area (Å²) in [4.78, 5) is 24.8. The van der Waals surface area contributed by atoms with E-state index in [1.165, 1.54) is 12.4 Å². The molecule has 2 aromatic carbocycles. The predicted molar refractivity (Wildman–Crippen MR) is 137 cm³/mol. The summed E-state index contributed by atoms with van der Waals surface area (Å²) in [6, 6.07) is 11.1. The number of nitro benzene ring substituents is 1. The Bertz CT molecular complexity index is 1410. The number of hydrogen-bond donors (Lipinski definition) is 1. The molecule has 3 heterocycles. The number of rotatable bonds is 7. The van der Waals surface area contributed by atoms with Gasteiger partial charge in [0.2, 0.25) is 0 Å². The number of nitrogens with one attached hydrogen (secondary N) is 1. The van der Waals surface area contributed by atoms with Crippen LogP contribution in [0.4, 0.5) is 17.2 Å². The molecule has 1 aliphatic rings. The number of aromatic nitrogens is 4. The first-order valence-corrected chi connectivity index (χ1v) is 11.7. The van der Waals surface area contributed by atoms with Crippen molar-refractivity contribution in [1.29, 1.82) is 0 Å². The molecular formula is C25H28N8O3. The Balaban J connectivity index is 1.43. The molecule has 0 amide bonds. The minimum absolute atomic E-state index is 0.0496. The van der Waals surface area contributed by atoms with Crippen molar-refractivity contribution in [3.8, 4) is 17.0 Å². The number of nitro groups is 1. The molecule has 2 aromatic heterocycles. The van der Waals surface area contributed by atoms with Gasteiger partial charge in [-0.1, -0.05) is 6.07 Å². The molecule has 0 bridgehead atoms. The maximum Gasteiger partial charge on any atom is 0.276 e. The van der Waals surface area contributed by atoms with Gasteiger partial charge in [-0.05, 0) is 25.2 Å². The van der Waals surface area contributed by atoms with Crippen LogP contribution in [0.5, 0.6) is 5.75 Å². The molecule has 0 radical (unpaired) electrons. The summed E-state index contributed by atoms with van der Waals surface area (Å²) in [5.41, 5.74) is 3.81. The zero-order valence-corrected chi connectivity index (χ0v) is 20.5. The quantitative estimate of drug-likeness (QED) is 0.309. The average Bonchev–Trinajstić information content (AvgIpc) is 3.26. The van der Waals surface area contributed by atoms with E-state index in [0.29, 0.717) is 29.4 Å². The van der Waals surface area contributed by atoms with Crippen LogP contribution < -0.4 is 10.1 Å². The van der Waals surface area contributed by atoms with E-state index in [2.05, 4.69) is 37.2 Å². The number of aryl methyl sites for hydroxylation is 1. The van der Waals surface area contributed by atoms with Crippen molar-refractivity contribution in [3.63, 3.8) is 0 Å². The summed E-state index contributed by atoms with van der Waals surface area (Å²) >= 11 is 0. The number of anilines is 2.